The molecule has 0 amide bonds. The smallest absolute Gasteiger partial charge is 0.250 e. The highest BCUT2D eigenvalue weighted by Crippen LogP contribution is 2.25. The molecule has 2 aromatic rings. The van der Waals surface area contributed by atoms with E-state index >= 15 is 0 Å². The van der Waals surface area contributed by atoms with Gasteiger partial charge in [-0.25, -0.2) is 13.2 Å². The van der Waals surface area contributed by atoms with Gasteiger partial charge in [-0.15, -0.1) is 10.2 Å². The van der Waals surface area contributed by atoms with Gasteiger partial charge >= 0.3 is 0 Å². The quantitative estimate of drug-likeness (QED) is 0.858. The van der Waals surface area contributed by atoms with E-state index in [0.717, 1.165) is 12.1 Å². The molecular weight excluding hydrogens is 247 g/mol. The molecule has 1 heterocycles. The lowest BCUT2D eigenvalue weighted by Gasteiger charge is -2.03. The normalized spacial score (nSPS) is 12.7. The fourth-order valence-electron chi connectivity index (χ4n) is 1.33. The summed E-state index contributed by atoms with van der Waals surface area (Å²) in [6.45, 7) is 1.76. The lowest BCUT2D eigenvalue weighted by Crippen LogP contribution is -2.12. The first-order valence-electron chi connectivity index (χ1n) is 5.19. The molecular formula is C11H10F3N3O. The van der Waals surface area contributed by atoms with E-state index in [1.807, 2.05) is 0 Å². The number of hydrogen-bond donors (Lipinski definition) is 1. The molecule has 7 heteroatoms. The van der Waals surface area contributed by atoms with Crippen molar-refractivity contribution in [1.82, 2.24) is 15.5 Å². The van der Waals surface area contributed by atoms with Crippen molar-refractivity contribution < 1.29 is 17.6 Å². The van der Waals surface area contributed by atoms with E-state index in [1.165, 1.54) is 0 Å². The lowest BCUT2D eigenvalue weighted by molar-refractivity contribution is 0.430. The molecule has 4 nitrogen and oxygen atoms in total. The van der Waals surface area contributed by atoms with Crippen LogP contribution in [0, 0.1) is 17.5 Å². The van der Waals surface area contributed by atoms with Crippen LogP contribution in [-0.4, -0.2) is 17.2 Å². The summed E-state index contributed by atoms with van der Waals surface area (Å²) >= 11 is 0. The SMILES string of the molecule is CNC(C)c1nnc(-c2ccc(F)c(F)c2F)o1. The summed E-state index contributed by atoms with van der Waals surface area (Å²) in [7, 11) is 1.69. The molecule has 1 atom stereocenters. The Morgan fingerprint density at radius 1 is 1.17 bits per heavy atom. The highest BCUT2D eigenvalue weighted by Gasteiger charge is 2.20. The maximum Gasteiger partial charge on any atom is 0.250 e. The largest absolute Gasteiger partial charge is 0.419 e. The Labute approximate surface area is 101 Å². The predicted octanol–water partition coefficient (Wildman–Crippen LogP) is 2.43. The molecule has 18 heavy (non-hydrogen) atoms. The van der Waals surface area contributed by atoms with Crippen molar-refractivity contribution >= 4 is 0 Å². The molecule has 0 saturated heterocycles. The van der Waals surface area contributed by atoms with Crippen LogP contribution in [-0.2, 0) is 0 Å². The molecule has 0 fully saturated rings. The molecule has 0 bridgehead atoms. The Hall–Kier alpha value is -1.89. The van der Waals surface area contributed by atoms with Crippen molar-refractivity contribution in [3.05, 3.63) is 35.5 Å². The Morgan fingerprint density at radius 2 is 1.89 bits per heavy atom. The number of rotatable bonds is 3. The zero-order chi connectivity index (χ0) is 13.3. The van der Waals surface area contributed by atoms with E-state index in [2.05, 4.69) is 15.5 Å². The number of halogens is 3. The zero-order valence-corrected chi connectivity index (χ0v) is 9.67. The Morgan fingerprint density at radius 3 is 2.56 bits per heavy atom. The van der Waals surface area contributed by atoms with Gasteiger partial charge in [0, 0.05) is 0 Å². The van der Waals surface area contributed by atoms with Crippen LogP contribution in [0.5, 0.6) is 0 Å². The second kappa shape index (κ2) is 4.77. The second-order valence-corrected chi connectivity index (χ2v) is 3.68. The average Bonchev–Trinajstić information content (AvgIpc) is 2.84. The monoisotopic (exact) mass is 257 g/mol. The molecule has 1 aromatic carbocycles. The van der Waals surface area contributed by atoms with Gasteiger partial charge in [-0.2, -0.15) is 0 Å². The molecule has 1 unspecified atom stereocenters. The molecule has 0 aliphatic carbocycles. The summed E-state index contributed by atoms with van der Waals surface area (Å²) in [6.07, 6.45) is 0. The minimum atomic E-state index is -1.56. The van der Waals surface area contributed by atoms with Gasteiger partial charge in [-0.3, -0.25) is 0 Å². The van der Waals surface area contributed by atoms with E-state index in [1.54, 1.807) is 14.0 Å². The van der Waals surface area contributed by atoms with Crippen molar-refractivity contribution in [2.75, 3.05) is 7.05 Å². The summed E-state index contributed by atoms with van der Waals surface area (Å²) in [4.78, 5) is 0. The number of nitrogens with zero attached hydrogens (tertiary/aromatic N) is 2. The van der Waals surface area contributed by atoms with Crippen molar-refractivity contribution in [3.63, 3.8) is 0 Å². The summed E-state index contributed by atoms with van der Waals surface area (Å²) in [5, 5.41) is 10.2. The van der Waals surface area contributed by atoms with Crippen LogP contribution >= 0.6 is 0 Å². The number of benzene rings is 1. The van der Waals surface area contributed by atoms with E-state index in [0.29, 0.717) is 0 Å². The molecule has 0 spiro atoms. The number of aromatic nitrogens is 2. The maximum absolute atomic E-state index is 13.5. The molecule has 0 saturated carbocycles. The summed E-state index contributed by atoms with van der Waals surface area (Å²) in [5.74, 6) is -4.13. The van der Waals surface area contributed by atoms with Crippen LogP contribution < -0.4 is 5.32 Å². The fraction of sp³-hybridized carbons (Fsp3) is 0.273. The zero-order valence-electron chi connectivity index (χ0n) is 9.67. The standard InChI is InChI=1S/C11H10F3N3O/c1-5(15-2)10-16-17-11(18-10)6-3-4-7(12)9(14)8(6)13/h3-5,15H,1-2H3. The van der Waals surface area contributed by atoms with Gasteiger partial charge in [-0.05, 0) is 26.1 Å². The molecule has 1 N–H and O–H groups in total. The first kappa shape index (κ1) is 12.6. The Bertz CT molecular complexity index is 571. The third-order valence-electron chi connectivity index (χ3n) is 2.51. The topological polar surface area (TPSA) is 51.0 Å². The molecule has 0 aliphatic heterocycles. The first-order chi connectivity index (χ1) is 8.54. The highest BCUT2D eigenvalue weighted by molar-refractivity contribution is 5.53. The summed E-state index contributed by atoms with van der Waals surface area (Å²) < 4.78 is 44.5. The van der Waals surface area contributed by atoms with Gasteiger partial charge in [0.05, 0.1) is 11.6 Å². The van der Waals surface area contributed by atoms with Crippen molar-refractivity contribution in [2.24, 2.45) is 0 Å². The van der Waals surface area contributed by atoms with Gasteiger partial charge in [0.15, 0.2) is 17.5 Å². The predicted molar refractivity (Wildman–Crippen MR) is 57.1 cm³/mol. The molecule has 0 aliphatic rings. The van der Waals surface area contributed by atoms with Crippen LogP contribution in [0.1, 0.15) is 18.9 Å². The highest BCUT2D eigenvalue weighted by atomic mass is 19.2. The van der Waals surface area contributed by atoms with Gasteiger partial charge < -0.3 is 9.73 Å². The Balaban J connectivity index is 2.43. The van der Waals surface area contributed by atoms with E-state index in [4.69, 9.17) is 4.42 Å². The molecule has 2 rings (SSSR count). The van der Waals surface area contributed by atoms with Crippen LogP contribution in [0.4, 0.5) is 13.2 Å². The Kier molecular flexibility index (Phi) is 3.33. The average molecular weight is 257 g/mol. The van der Waals surface area contributed by atoms with Crippen LogP contribution in [0.2, 0.25) is 0 Å². The minimum Gasteiger partial charge on any atom is -0.419 e. The van der Waals surface area contributed by atoms with E-state index in [-0.39, 0.29) is 23.4 Å². The van der Waals surface area contributed by atoms with Crippen molar-refractivity contribution in [3.8, 4) is 11.5 Å². The molecule has 96 valence electrons. The minimum absolute atomic E-state index is 0.191. The maximum atomic E-state index is 13.5. The van der Waals surface area contributed by atoms with Gasteiger partial charge in [0.1, 0.15) is 0 Å². The lowest BCUT2D eigenvalue weighted by atomic mass is 10.2. The van der Waals surface area contributed by atoms with Gasteiger partial charge in [0.2, 0.25) is 5.89 Å². The van der Waals surface area contributed by atoms with Crippen LogP contribution in [0.3, 0.4) is 0 Å². The van der Waals surface area contributed by atoms with Crippen molar-refractivity contribution in [2.45, 2.75) is 13.0 Å². The van der Waals surface area contributed by atoms with E-state index < -0.39 is 17.5 Å². The second-order valence-electron chi connectivity index (χ2n) is 3.68. The van der Waals surface area contributed by atoms with Gasteiger partial charge in [0.25, 0.3) is 5.89 Å². The third kappa shape index (κ3) is 2.08. The third-order valence-corrected chi connectivity index (χ3v) is 2.51. The van der Waals surface area contributed by atoms with Crippen molar-refractivity contribution in [1.29, 1.82) is 0 Å². The summed E-state index contributed by atoms with van der Waals surface area (Å²) in [5.41, 5.74) is -0.268. The van der Waals surface area contributed by atoms with E-state index in [9.17, 15) is 13.2 Å². The van der Waals surface area contributed by atoms with Gasteiger partial charge in [-0.1, -0.05) is 0 Å². The van der Waals surface area contributed by atoms with Crippen LogP contribution in [0.25, 0.3) is 11.5 Å². The number of hydrogen-bond acceptors (Lipinski definition) is 4. The fourth-order valence-corrected chi connectivity index (χ4v) is 1.33. The molecule has 1 aromatic heterocycles. The first-order valence-corrected chi connectivity index (χ1v) is 5.19. The summed E-state index contributed by atoms with van der Waals surface area (Å²) in [6, 6.07) is 1.63. The molecule has 0 radical (unpaired) electrons. The van der Waals surface area contributed by atoms with Crippen LogP contribution in [0.15, 0.2) is 16.5 Å². The number of nitrogens with one attached hydrogen (secondary N) is 1.